The molecule has 1 N–H and O–H groups in total. The van der Waals surface area contributed by atoms with Crippen molar-refractivity contribution in [2.24, 2.45) is 0 Å². The second kappa shape index (κ2) is 19.8. The van der Waals surface area contributed by atoms with E-state index in [4.69, 9.17) is 4.74 Å². The Bertz CT molecular complexity index is 608. The molecule has 174 valence electrons. The molecule has 0 unspecified atom stereocenters. The van der Waals surface area contributed by atoms with Gasteiger partial charge in [0.1, 0.15) is 0 Å². The van der Waals surface area contributed by atoms with Crippen LogP contribution in [-0.4, -0.2) is 17.5 Å². The number of rotatable bonds is 19. The van der Waals surface area contributed by atoms with Crippen molar-refractivity contribution < 1.29 is 9.53 Å². The first-order valence-electron chi connectivity index (χ1n) is 12.4. The summed E-state index contributed by atoms with van der Waals surface area (Å²) >= 11 is 0. The van der Waals surface area contributed by atoms with Gasteiger partial charge >= 0.3 is 0 Å². The van der Waals surface area contributed by atoms with Crippen molar-refractivity contribution in [2.75, 3.05) is 11.9 Å². The highest BCUT2D eigenvalue weighted by atomic mass is 16.5. The van der Waals surface area contributed by atoms with Gasteiger partial charge in [0.2, 0.25) is 11.8 Å². The Hall–Kier alpha value is -2.10. The minimum Gasteiger partial charge on any atom is -0.478 e. The molecule has 0 aliphatic heterocycles. The predicted octanol–water partition coefficient (Wildman–Crippen LogP) is 8.01. The van der Waals surface area contributed by atoms with Crippen molar-refractivity contribution in [2.45, 2.75) is 104 Å². The van der Waals surface area contributed by atoms with Crippen LogP contribution in [0.4, 0.5) is 5.69 Å². The largest absolute Gasteiger partial charge is 0.478 e. The number of hydrogen-bond acceptors (Lipinski definition) is 3. The average molecular weight is 429 g/mol. The number of carbonyl (C=O) groups excluding carboxylic acids is 1. The Labute approximate surface area is 190 Å². The molecule has 0 aromatic carbocycles. The van der Waals surface area contributed by atoms with E-state index in [0.29, 0.717) is 18.9 Å². The van der Waals surface area contributed by atoms with Gasteiger partial charge in [0.25, 0.3) is 0 Å². The fraction of sp³-hybridized carbons (Fsp3) is 0.630. The molecule has 1 heterocycles. The van der Waals surface area contributed by atoms with Crippen molar-refractivity contribution in [1.29, 1.82) is 0 Å². The summed E-state index contributed by atoms with van der Waals surface area (Å²) in [5.41, 5.74) is 0.732. The topological polar surface area (TPSA) is 51.2 Å². The lowest BCUT2D eigenvalue weighted by atomic mass is 10.1. The number of anilines is 1. The normalized spacial score (nSPS) is 11.4. The molecule has 4 nitrogen and oxygen atoms in total. The highest BCUT2D eigenvalue weighted by molar-refractivity contribution is 5.90. The van der Waals surface area contributed by atoms with Gasteiger partial charge in [-0.1, -0.05) is 76.7 Å². The van der Waals surface area contributed by atoms with E-state index in [2.05, 4.69) is 48.5 Å². The molecular formula is C27H44N2O2. The standard InChI is InChI=1S/C27H44N2O2/c1-3-5-7-8-9-10-11-12-13-14-15-16-17-18-19-20-26(30)29-25-21-22-27(28-24-25)31-23-6-4-2/h9-10,12-13,21-22,24H,3-8,11,14-20,23H2,1-2H3,(H,29,30)/b10-9-,13-12-. The minimum absolute atomic E-state index is 0.0622. The fourth-order valence-corrected chi connectivity index (χ4v) is 3.18. The molecule has 1 aromatic rings. The van der Waals surface area contributed by atoms with Crippen molar-refractivity contribution in [3.63, 3.8) is 0 Å². The molecule has 0 saturated heterocycles. The Kier molecular flexibility index (Phi) is 17.2. The lowest BCUT2D eigenvalue weighted by Gasteiger charge is -2.07. The highest BCUT2D eigenvalue weighted by Gasteiger charge is 2.03. The second-order valence-electron chi connectivity index (χ2n) is 8.12. The van der Waals surface area contributed by atoms with Gasteiger partial charge in [0.05, 0.1) is 18.5 Å². The number of nitrogens with one attached hydrogen (secondary N) is 1. The van der Waals surface area contributed by atoms with E-state index in [1.165, 1.54) is 44.9 Å². The molecule has 1 amide bonds. The van der Waals surface area contributed by atoms with Crippen molar-refractivity contribution in [1.82, 2.24) is 4.98 Å². The molecule has 1 rings (SSSR count). The SMILES string of the molecule is CCCCC/C=C\C/C=C\CCCCCCCC(=O)Nc1ccc(OCCCC)nc1. The van der Waals surface area contributed by atoms with Gasteiger partial charge in [0.15, 0.2) is 0 Å². The maximum absolute atomic E-state index is 12.1. The summed E-state index contributed by atoms with van der Waals surface area (Å²) in [5.74, 6) is 0.673. The number of carbonyl (C=O) groups is 1. The maximum Gasteiger partial charge on any atom is 0.224 e. The van der Waals surface area contributed by atoms with Crippen LogP contribution in [0.1, 0.15) is 104 Å². The van der Waals surface area contributed by atoms with Crippen LogP contribution in [0.5, 0.6) is 5.88 Å². The number of hydrogen-bond donors (Lipinski definition) is 1. The fourth-order valence-electron chi connectivity index (χ4n) is 3.18. The summed E-state index contributed by atoms with van der Waals surface area (Å²) < 4.78 is 5.54. The van der Waals surface area contributed by atoms with Gasteiger partial charge in [0, 0.05) is 12.5 Å². The monoisotopic (exact) mass is 428 g/mol. The number of unbranched alkanes of at least 4 members (excludes halogenated alkanes) is 9. The molecule has 0 aliphatic rings. The highest BCUT2D eigenvalue weighted by Crippen LogP contribution is 2.13. The Morgan fingerprint density at radius 2 is 1.55 bits per heavy atom. The van der Waals surface area contributed by atoms with Crippen molar-refractivity contribution >= 4 is 11.6 Å². The van der Waals surface area contributed by atoms with E-state index in [9.17, 15) is 4.79 Å². The molecule has 0 aliphatic carbocycles. The molecule has 4 heteroatoms. The van der Waals surface area contributed by atoms with E-state index in [-0.39, 0.29) is 5.91 Å². The first kappa shape index (κ1) is 26.9. The maximum atomic E-state index is 12.1. The molecule has 0 radical (unpaired) electrons. The first-order chi connectivity index (χ1) is 15.3. The molecule has 1 aromatic heterocycles. The lowest BCUT2D eigenvalue weighted by Crippen LogP contribution is -2.11. The van der Waals surface area contributed by atoms with Crippen LogP contribution in [-0.2, 0) is 4.79 Å². The third-order valence-corrected chi connectivity index (χ3v) is 5.12. The summed E-state index contributed by atoms with van der Waals surface area (Å²) in [6, 6.07) is 3.66. The molecule has 0 spiro atoms. The van der Waals surface area contributed by atoms with Gasteiger partial charge in [-0.2, -0.15) is 0 Å². The first-order valence-corrected chi connectivity index (χ1v) is 12.4. The molecular weight excluding hydrogens is 384 g/mol. The van der Waals surface area contributed by atoms with Gasteiger partial charge < -0.3 is 10.1 Å². The summed E-state index contributed by atoms with van der Waals surface area (Å²) in [4.78, 5) is 16.3. The predicted molar refractivity (Wildman–Crippen MR) is 133 cm³/mol. The molecule has 0 atom stereocenters. The second-order valence-corrected chi connectivity index (χ2v) is 8.12. The van der Waals surface area contributed by atoms with Crippen LogP contribution in [0.3, 0.4) is 0 Å². The number of ether oxygens (including phenoxy) is 1. The van der Waals surface area contributed by atoms with Crippen LogP contribution in [0.25, 0.3) is 0 Å². The quantitative estimate of drug-likeness (QED) is 0.179. The van der Waals surface area contributed by atoms with Crippen LogP contribution >= 0.6 is 0 Å². The van der Waals surface area contributed by atoms with E-state index in [0.717, 1.165) is 44.2 Å². The van der Waals surface area contributed by atoms with Gasteiger partial charge in [-0.25, -0.2) is 4.98 Å². The van der Waals surface area contributed by atoms with Crippen LogP contribution in [0.2, 0.25) is 0 Å². The lowest BCUT2D eigenvalue weighted by molar-refractivity contribution is -0.116. The smallest absolute Gasteiger partial charge is 0.224 e. The number of amides is 1. The van der Waals surface area contributed by atoms with Crippen molar-refractivity contribution in [3.05, 3.63) is 42.6 Å². The number of allylic oxidation sites excluding steroid dienone is 4. The third-order valence-electron chi connectivity index (χ3n) is 5.12. The number of pyridine rings is 1. The average Bonchev–Trinajstić information content (AvgIpc) is 2.78. The summed E-state index contributed by atoms with van der Waals surface area (Å²) in [5, 5.41) is 2.91. The summed E-state index contributed by atoms with van der Waals surface area (Å²) in [6.45, 7) is 5.05. The molecule has 0 bridgehead atoms. The van der Waals surface area contributed by atoms with Crippen molar-refractivity contribution in [3.8, 4) is 5.88 Å². The van der Waals surface area contributed by atoms with Crippen LogP contribution < -0.4 is 10.1 Å². The minimum atomic E-state index is 0.0622. The van der Waals surface area contributed by atoms with E-state index >= 15 is 0 Å². The summed E-state index contributed by atoms with van der Waals surface area (Å²) in [6.07, 6.45) is 26.6. The number of aromatic nitrogens is 1. The zero-order valence-corrected chi connectivity index (χ0v) is 19.9. The molecule has 0 fully saturated rings. The van der Waals surface area contributed by atoms with Crippen LogP contribution in [0, 0.1) is 0 Å². The van der Waals surface area contributed by atoms with E-state index in [1.54, 1.807) is 6.20 Å². The van der Waals surface area contributed by atoms with Gasteiger partial charge in [-0.15, -0.1) is 0 Å². The third kappa shape index (κ3) is 16.3. The Morgan fingerprint density at radius 3 is 2.23 bits per heavy atom. The van der Waals surface area contributed by atoms with Gasteiger partial charge in [-0.3, -0.25) is 4.79 Å². The summed E-state index contributed by atoms with van der Waals surface area (Å²) in [7, 11) is 0. The Balaban J connectivity index is 1.97. The van der Waals surface area contributed by atoms with Gasteiger partial charge in [-0.05, 0) is 51.0 Å². The molecule has 31 heavy (non-hydrogen) atoms. The molecule has 0 saturated carbocycles. The number of nitrogens with zero attached hydrogens (tertiary/aromatic N) is 1. The van der Waals surface area contributed by atoms with E-state index in [1.807, 2.05) is 12.1 Å². The Morgan fingerprint density at radius 1 is 0.871 bits per heavy atom. The zero-order valence-electron chi connectivity index (χ0n) is 19.9. The zero-order chi connectivity index (χ0) is 22.4. The van der Waals surface area contributed by atoms with Crippen LogP contribution in [0.15, 0.2) is 42.6 Å². The van der Waals surface area contributed by atoms with E-state index < -0.39 is 0 Å².